The molecule has 1 heterocycles. The number of carbonyl (C=O) groups excluding carboxylic acids is 1. The Morgan fingerprint density at radius 3 is 2.42 bits per heavy atom. The Bertz CT molecular complexity index is 1540. The monoisotopic (exact) mass is 518 g/mol. The zero-order valence-electron chi connectivity index (χ0n) is 20.7. The minimum atomic E-state index is -4.42. The van der Waals surface area contributed by atoms with Crippen molar-refractivity contribution < 1.29 is 27.8 Å². The molecule has 8 heteroatoms. The van der Waals surface area contributed by atoms with E-state index < -0.39 is 24.3 Å². The molecule has 4 rings (SSSR count). The molecule has 0 spiro atoms. The van der Waals surface area contributed by atoms with Crippen LogP contribution < -0.4 is 10.1 Å². The lowest BCUT2D eigenvalue weighted by Gasteiger charge is -2.15. The Labute approximate surface area is 218 Å². The Kier molecular flexibility index (Phi) is 7.89. The van der Waals surface area contributed by atoms with Gasteiger partial charge in [-0.25, -0.2) is 0 Å². The molecular weight excluding hydrogens is 493 g/mol. The zero-order valence-corrected chi connectivity index (χ0v) is 20.7. The van der Waals surface area contributed by atoms with Gasteiger partial charge in [-0.2, -0.15) is 13.2 Å². The molecule has 0 saturated carbocycles. The predicted molar refractivity (Wildman–Crippen MR) is 140 cm³/mol. The second-order valence-electron chi connectivity index (χ2n) is 8.77. The lowest BCUT2D eigenvalue weighted by molar-refractivity contribution is -0.137. The number of nitrogens with one attached hydrogen (secondary N) is 2. The molecule has 38 heavy (non-hydrogen) atoms. The molecule has 0 bridgehead atoms. The molecule has 3 N–H and O–H groups in total. The van der Waals surface area contributed by atoms with Crippen molar-refractivity contribution in [2.45, 2.75) is 26.1 Å². The van der Waals surface area contributed by atoms with Gasteiger partial charge in [-0.3, -0.25) is 4.79 Å². The third-order valence-electron chi connectivity index (χ3n) is 5.55. The van der Waals surface area contributed by atoms with E-state index in [1.165, 1.54) is 12.1 Å². The van der Waals surface area contributed by atoms with Gasteiger partial charge in [0.05, 0.1) is 23.8 Å². The van der Waals surface area contributed by atoms with Crippen molar-refractivity contribution in [2.24, 2.45) is 0 Å². The van der Waals surface area contributed by atoms with Crippen LogP contribution in [-0.4, -0.2) is 28.7 Å². The van der Waals surface area contributed by atoms with Crippen molar-refractivity contribution in [3.05, 3.63) is 106 Å². The summed E-state index contributed by atoms with van der Waals surface area (Å²) in [5, 5.41) is 13.6. The summed E-state index contributed by atoms with van der Waals surface area (Å²) < 4.78 is 44.2. The summed E-state index contributed by atoms with van der Waals surface area (Å²) in [4.78, 5) is 16.4. The first-order valence-electron chi connectivity index (χ1n) is 11.8. The van der Waals surface area contributed by atoms with Crippen LogP contribution in [0.15, 0.2) is 78.6 Å². The van der Waals surface area contributed by atoms with Gasteiger partial charge in [0.2, 0.25) is 0 Å². The standard InChI is InChI=1S/C30H25F3N2O3/c1-19(2)38-28-14-11-21(8-7-20-9-12-23(13-10-20)30(31,32)33)15-26(28)29(37)35-24(18-36)16-22-17-34-27-6-4-3-5-25(22)27/h3-6,9-17,19,34,36H,18H2,1-2H3,(H,35,37)/b24-16+. The van der Waals surface area contributed by atoms with Gasteiger partial charge < -0.3 is 20.1 Å². The number of benzene rings is 3. The highest BCUT2D eigenvalue weighted by atomic mass is 19.4. The van der Waals surface area contributed by atoms with E-state index in [1.807, 2.05) is 38.1 Å². The predicted octanol–water partition coefficient (Wildman–Crippen LogP) is 6.14. The fourth-order valence-corrected chi connectivity index (χ4v) is 3.76. The van der Waals surface area contributed by atoms with Crippen LogP contribution in [0.3, 0.4) is 0 Å². The number of amides is 1. The molecule has 0 aliphatic rings. The molecule has 1 aromatic heterocycles. The van der Waals surface area contributed by atoms with Crippen molar-refractivity contribution in [1.82, 2.24) is 10.3 Å². The van der Waals surface area contributed by atoms with Gasteiger partial charge >= 0.3 is 6.18 Å². The van der Waals surface area contributed by atoms with Gasteiger partial charge in [-0.15, -0.1) is 0 Å². The third kappa shape index (κ3) is 6.44. The van der Waals surface area contributed by atoms with E-state index in [2.05, 4.69) is 22.1 Å². The van der Waals surface area contributed by atoms with Gasteiger partial charge in [0, 0.05) is 39.5 Å². The number of aliphatic hydroxyl groups is 1. The number of carbonyl (C=O) groups is 1. The summed E-state index contributed by atoms with van der Waals surface area (Å²) in [6.07, 6.45) is -1.15. The smallest absolute Gasteiger partial charge is 0.416 e. The first kappa shape index (κ1) is 26.6. The summed E-state index contributed by atoms with van der Waals surface area (Å²) in [6, 6.07) is 17.0. The fourth-order valence-electron chi connectivity index (χ4n) is 3.76. The highest BCUT2D eigenvalue weighted by molar-refractivity contribution is 5.99. The number of aromatic nitrogens is 1. The Hall–Kier alpha value is -4.48. The van der Waals surface area contributed by atoms with Crippen molar-refractivity contribution in [3.8, 4) is 17.6 Å². The van der Waals surface area contributed by atoms with Crippen LogP contribution in [0.5, 0.6) is 5.75 Å². The van der Waals surface area contributed by atoms with Crippen LogP contribution in [0.2, 0.25) is 0 Å². The molecule has 0 aliphatic carbocycles. The van der Waals surface area contributed by atoms with E-state index in [0.29, 0.717) is 16.9 Å². The summed E-state index contributed by atoms with van der Waals surface area (Å²) in [5.41, 5.74) is 2.34. The molecule has 3 aromatic carbocycles. The molecule has 0 unspecified atom stereocenters. The molecule has 0 fully saturated rings. The van der Waals surface area contributed by atoms with Crippen molar-refractivity contribution >= 4 is 22.9 Å². The number of halogens is 3. The summed E-state index contributed by atoms with van der Waals surface area (Å²) in [5.74, 6) is 5.54. The van der Waals surface area contributed by atoms with Crippen LogP contribution in [-0.2, 0) is 6.18 Å². The second-order valence-corrected chi connectivity index (χ2v) is 8.77. The minimum Gasteiger partial charge on any atom is -0.490 e. The maximum atomic E-state index is 13.3. The van der Waals surface area contributed by atoms with E-state index in [9.17, 15) is 23.1 Å². The van der Waals surface area contributed by atoms with Crippen molar-refractivity contribution in [1.29, 1.82) is 0 Å². The summed E-state index contributed by atoms with van der Waals surface area (Å²) in [7, 11) is 0. The lowest BCUT2D eigenvalue weighted by atomic mass is 10.1. The number of alkyl halides is 3. The lowest BCUT2D eigenvalue weighted by Crippen LogP contribution is -2.25. The molecule has 0 radical (unpaired) electrons. The zero-order chi connectivity index (χ0) is 27.3. The van der Waals surface area contributed by atoms with E-state index in [0.717, 1.165) is 28.6 Å². The van der Waals surface area contributed by atoms with E-state index in [1.54, 1.807) is 30.5 Å². The first-order valence-corrected chi connectivity index (χ1v) is 11.8. The minimum absolute atomic E-state index is 0.204. The van der Waals surface area contributed by atoms with Crippen LogP contribution >= 0.6 is 0 Å². The number of hydrogen-bond acceptors (Lipinski definition) is 3. The summed E-state index contributed by atoms with van der Waals surface area (Å²) in [6.45, 7) is 3.26. The number of rotatable bonds is 6. The fraction of sp³-hybridized carbons (Fsp3) is 0.167. The quantitative estimate of drug-likeness (QED) is 0.269. The average Bonchev–Trinajstić information content (AvgIpc) is 3.29. The largest absolute Gasteiger partial charge is 0.490 e. The maximum Gasteiger partial charge on any atom is 0.416 e. The van der Waals surface area contributed by atoms with Gasteiger partial charge in [-0.05, 0) is 68.5 Å². The van der Waals surface area contributed by atoms with E-state index in [4.69, 9.17) is 4.74 Å². The SMILES string of the molecule is CC(C)Oc1ccc(C#Cc2ccc(C(F)(F)F)cc2)cc1C(=O)N/C(=C/c1c[nH]c2ccccc12)CO. The number of para-hydroxylation sites is 1. The number of H-pyrrole nitrogens is 1. The molecular formula is C30H25F3N2O3. The molecule has 194 valence electrons. The maximum absolute atomic E-state index is 13.3. The van der Waals surface area contributed by atoms with Crippen molar-refractivity contribution in [2.75, 3.05) is 6.61 Å². The first-order chi connectivity index (χ1) is 18.1. The van der Waals surface area contributed by atoms with Gasteiger partial charge in [0.15, 0.2) is 0 Å². The topological polar surface area (TPSA) is 74.3 Å². The number of ether oxygens (including phenoxy) is 1. The third-order valence-corrected chi connectivity index (χ3v) is 5.55. The molecule has 1 amide bonds. The second kappa shape index (κ2) is 11.3. The van der Waals surface area contributed by atoms with Crippen LogP contribution in [0, 0.1) is 11.8 Å². The number of hydrogen-bond donors (Lipinski definition) is 3. The van der Waals surface area contributed by atoms with Gasteiger partial charge in [-0.1, -0.05) is 30.0 Å². The highest BCUT2D eigenvalue weighted by Gasteiger charge is 2.29. The number of fused-ring (bicyclic) bond motifs is 1. The molecule has 4 aromatic rings. The normalized spacial score (nSPS) is 11.8. The number of aliphatic hydroxyl groups excluding tert-OH is 1. The molecule has 0 atom stereocenters. The average molecular weight is 519 g/mol. The summed E-state index contributed by atoms with van der Waals surface area (Å²) >= 11 is 0. The van der Waals surface area contributed by atoms with Gasteiger partial charge in [0.25, 0.3) is 5.91 Å². The molecule has 5 nitrogen and oxygen atoms in total. The molecule has 0 aliphatic heterocycles. The van der Waals surface area contributed by atoms with E-state index in [-0.39, 0.29) is 17.4 Å². The van der Waals surface area contributed by atoms with E-state index >= 15 is 0 Å². The highest BCUT2D eigenvalue weighted by Crippen LogP contribution is 2.29. The van der Waals surface area contributed by atoms with Crippen molar-refractivity contribution in [3.63, 3.8) is 0 Å². The molecule has 0 saturated heterocycles. The Morgan fingerprint density at radius 1 is 1.05 bits per heavy atom. The van der Waals surface area contributed by atoms with Crippen LogP contribution in [0.1, 0.15) is 46.5 Å². The Balaban J connectivity index is 1.61. The number of aromatic amines is 1. The van der Waals surface area contributed by atoms with Crippen LogP contribution in [0.4, 0.5) is 13.2 Å². The van der Waals surface area contributed by atoms with Gasteiger partial charge in [0.1, 0.15) is 5.75 Å². The Morgan fingerprint density at radius 2 is 1.74 bits per heavy atom. The van der Waals surface area contributed by atoms with Crippen LogP contribution in [0.25, 0.3) is 17.0 Å².